The quantitative estimate of drug-likeness (QED) is 0.749. The molecular weight excluding hydrogens is 178 g/mol. The number of carboxylic acid groups (broad SMARTS) is 1. The average molecular weight is 197 g/mol. The van der Waals surface area contributed by atoms with Crippen LogP contribution in [0.5, 0.6) is 0 Å². The zero-order valence-electron chi connectivity index (χ0n) is 8.67. The van der Waals surface area contributed by atoms with Crippen LogP contribution in [-0.2, 0) is 4.79 Å². The standard InChI is InChI=1S/C11H19NO2/c13-10(14)3-8-12-7-2-6-11(9-12)4-1-5-11/h1-9H2,(H,13,14). The fourth-order valence-corrected chi connectivity index (χ4v) is 2.84. The summed E-state index contributed by atoms with van der Waals surface area (Å²) in [6.45, 7) is 3.01. The van der Waals surface area contributed by atoms with Crippen LogP contribution in [0.25, 0.3) is 0 Å². The van der Waals surface area contributed by atoms with Crippen molar-refractivity contribution in [2.45, 2.75) is 38.5 Å². The number of carboxylic acids is 1. The number of nitrogens with zero attached hydrogens (tertiary/aromatic N) is 1. The molecule has 0 radical (unpaired) electrons. The Hall–Kier alpha value is -0.570. The van der Waals surface area contributed by atoms with Gasteiger partial charge in [0.1, 0.15) is 0 Å². The van der Waals surface area contributed by atoms with Gasteiger partial charge >= 0.3 is 5.97 Å². The molecule has 2 rings (SSSR count). The van der Waals surface area contributed by atoms with Crippen molar-refractivity contribution in [3.63, 3.8) is 0 Å². The van der Waals surface area contributed by atoms with E-state index in [0.717, 1.165) is 19.6 Å². The molecule has 1 heterocycles. The van der Waals surface area contributed by atoms with Gasteiger partial charge in [0.25, 0.3) is 0 Å². The number of hydrogen-bond donors (Lipinski definition) is 1. The summed E-state index contributed by atoms with van der Waals surface area (Å²) < 4.78 is 0. The molecule has 0 aromatic heterocycles. The van der Waals surface area contributed by atoms with Crippen LogP contribution < -0.4 is 0 Å². The predicted molar refractivity (Wildman–Crippen MR) is 54.2 cm³/mol. The molecule has 1 saturated heterocycles. The number of piperidine rings is 1. The zero-order chi connectivity index (χ0) is 10.0. The molecule has 0 atom stereocenters. The number of aliphatic carboxylic acids is 1. The maximum atomic E-state index is 10.5. The van der Waals surface area contributed by atoms with Gasteiger partial charge in [-0.1, -0.05) is 6.42 Å². The third-order valence-electron chi connectivity index (χ3n) is 3.80. The Morgan fingerprint density at radius 2 is 2.00 bits per heavy atom. The molecule has 1 saturated carbocycles. The molecule has 1 aliphatic heterocycles. The van der Waals surface area contributed by atoms with E-state index in [2.05, 4.69) is 4.90 Å². The molecule has 1 aliphatic carbocycles. The van der Waals surface area contributed by atoms with Crippen molar-refractivity contribution < 1.29 is 9.90 Å². The molecule has 0 bridgehead atoms. The van der Waals surface area contributed by atoms with Crippen molar-refractivity contribution in [1.82, 2.24) is 4.90 Å². The van der Waals surface area contributed by atoms with Gasteiger partial charge < -0.3 is 10.0 Å². The van der Waals surface area contributed by atoms with E-state index in [-0.39, 0.29) is 0 Å². The van der Waals surface area contributed by atoms with Crippen molar-refractivity contribution >= 4 is 5.97 Å². The van der Waals surface area contributed by atoms with Gasteiger partial charge in [-0.2, -0.15) is 0 Å². The summed E-state index contributed by atoms with van der Waals surface area (Å²) in [5, 5.41) is 8.62. The Labute approximate surface area is 85.1 Å². The summed E-state index contributed by atoms with van der Waals surface area (Å²) in [6, 6.07) is 0. The van der Waals surface area contributed by atoms with Crippen LogP contribution in [-0.4, -0.2) is 35.6 Å². The van der Waals surface area contributed by atoms with Crippen molar-refractivity contribution in [2.24, 2.45) is 5.41 Å². The van der Waals surface area contributed by atoms with Crippen LogP contribution in [0.1, 0.15) is 38.5 Å². The van der Waals surface area contributed by atoms with E-state index in [0.29, 0.717) is 11.8 Å². The van der Waals surface area contributed by atoms with Crippen molar-refractivity contribution in [2.75, 3.05) is 19.6 Å². The fraction of sp³-hybridized carbons (Fsp3) is 0.909. The first-order valence-electron chi connectivity index (χ1n) is 5.64. The summed E-state index contributed by atoms with van der Waals surface area (Å²) in [4.78, 5) is 12.8. The molecule has 3 heteroatoms. The average Bonchev–Trinajstić information content (AvgIpc) is 2.13. The molecule has 3 nitrogen and oxygen atoms in total. The molecule has 0 aromatic rings. The molecule has 1 N–H and O–H groups in total. The lowest BCUT2D eigenvalue weighted by atomic mass is 9.64. The highest BCUT2D eigenvalue weighted by atomic mass is 16.4. The van der Waals surface area contributed by atoms with E-state index in [1.165, 1.54) is 32.1 Å². The zero-order valence-corrected chi connectivity index (χ0v) is 8.67. The first kappa shape index (κ1) is 9.97. The van der Waals surface area contributed by atoms with Crippen LogP contribution in [0.4, 0.5) is 0 Å². The second-order valence-electron chi connectivity index (χ2n) is 4.88. The molecule has 0 unspecified atom stereocenters. The van der Waals surface area contributed by atoms with Crippen LogP contribution in [0.3, 0.4) is 0 Å². The van der Waals surface area contributed by atoms with E-state index in [1.54, 1.807) is 0 Å². The monoisotopic (exact) mass is 197 g/mol. The molecule has 0 aromatic carbocycles. The van der Waals surface area contributed by atoms with E-state index in [1.807, 2.05) is 0 Å². The normalized spacial score (nSPS) is 26.0. The SMILES string of the molecule is O=C(O)CCN1CCCC2(CCC2)C1. The lowest BCUT2D eigenvalue weighted by Crippen LogP contribution is -2.47. The summed E-state index contributed by atoms with van der Waals surface area (Å²) in [6.07, 6.45) is 7.06. The maximum absolute atomic E-state index is 10.5. The topological polar surface area (TPSA) is 40.5 Å². The van der Waals surface area contributed by atoms with Gasteiger partial charge in [0.15, 0.2) is 0 Å². The minimum atomic E-state index is -0.668. The van der Waals surface area contributed by atoms with E-state index in [4.69, 9.17) is 5.11 Å². The Balaban J connectivity index is 1.79. The van der Waals surface area contributed by atoms with Gasteiger partial charge in [-0.05, 0) is 37.6 Å². The number of carbonyl (C=O) groups is 1. The van der Waals surface area contributed by atoms with E-state index >= 15 is 0 Å². The Morgan fingerprint density at radius 3 is 2.57 bits per heavy atom. The van der Waals surface area contributed by atoms with Gasteiger partial charge in [0.05, 0.1) is 6.42 Å². The van der Waals surface area contributed by atoms with Gasteiger partial charge in [-0.25, -0.2) is 0 Å². The Bertz CT molecular complexity index is 223. The number of rotatable bonds is 3. The van der Waals surface area contributed by atoms with E-state index in [9.17, 15) is 4.79 Å². The van der Waals surface area contributed by atoms with Crippen LogP contribution in [0, 0.1) is 5.41 Å². The number of likely N-dealkylation sites (tertiary alicyclic amines) is 1. The third kappa shape index (κ3) is 2.08. The Morgan fingerprint density at radius 1 is 1.29 bits per heavy atom. The largest absolute Gasteiger partial charge is 0.481 e. The second-order valence-corrected chi connectivity index (χ2v) is 4.88. The van der Waals surface area contributed by atoms with Crippen molar-refractivity contribution in [1.29, 1.82) is 0 Å². The molecule has 80 valence electrons. The fourth-order valence-electron chi connectivity index (χ4n) is 2.84. The highest BCUT2D eigenvalue weighted by Crippen LogP contribution is 2.47. The van der Waals surface area contributed by atoms with E-state index < -0.39 is 5.97 Å². The molecular formula is C11H19NO2. The lowest BCUT2D eigenvalue weighted by molar-refractivity contribution is -0.137. The second kappa shape index (κ2) is 3.89. The first-order valence-corrected chi connectivity index (χ1v) is 5.64. The molecule has 2 fully saturated rings. The lowest BCUT2D eigenvalue weighted by Gasteiger charge is -2.49. The first-order chi connectivity index (χ1) is 6.70. The smallest absolute Gasteiger partial charge is 0.304 e. The predicted octanol–water partition coefficient (Wildman–Crippen LogP) is 1.73. The third-order valence-corrected chi connectivity index (χ3v) is 3.80. The van der Waals surface area contributed by atoms with Crippen molar-refractivity contribution in [3.8, 4) is 0 Å². The molecule has 14 heavy (non-hydrogen) atoms. The molecule has 2 aliphatic rings. The van der Waals surface area contributed by atoms with Crippen LogP contribution in [0.2, 0.25) is 0 Å². The molecule has 1 spiro atoms. The summed E-state index contributed by atoms with van der Waals surface area (Å²) >= 11 is 0. The van der Waals surface area contributed by atoms with Crippen LogP contribution in [0.15, 0.2) is 0 Å². The summed E-state index contributed by atoms with van der Waals surface area (Å²) in [5.41, 5.74) is 0.594. The highest BCUT2D eigenvalue weighted by molar-refractivity contribution is 5.66. The number of hydrogen-bond acceptors (Lipinski definition) is 2. The highest BCUT2D eigenvalue weighted by Gasteiger charge is 2.40. The minimum absolute atomic E-state index is 0.302. The Kier molecular flexibility index (Phi) is 2.77. The minimum Gasteiger partial charge on any atom is -0.481 e. The summed E-state index contributed by atoms with van der Waals surface area (Å²) in [5.74, 6) is -0.668. The van der Waals surface area contributed by atoms with Gasteiger partial charge in [-0.3, -0.25) is 4.79 Å². The van der Waals surface area contributed by atoms with Gasteiger partial charge in [-0.15, -0.1) is 0 Å². The maximum Gasteiger partial charge on any atom is 0.304 e. The van der Waals surface area contributed by atoms with Gasteiger partial charge in [0, 0.05) is 13.1 Å². The van der Waals surface area contributed by atoms with Crippen molar-refractivity contribution in [3.05, 3.63) is 0 Å². The summed E-state index contributed by atoms with van der Waals surface area (Å²) in [7, 11) is 0. The molecule has 0 amide bonds. The van der Waals surface area contributed by atoms with Gasteiger partial charge in [0.2, 0.25) is 0 Å². The van der Waals surface area contributed by atoms with Crippen LogP contribution >= 0.6 is 0 Å².